The zero-order valence-electron chi connectivity index (χ0n) is 19.6. The van der Waals surface area contributed by atoms with Crippen molar-refractivity contribution < 1.29 is 14.0 Å². The van der Waals surface area contributed by atoms with Gasteiger partial charge in [-0.2, -0.15) is 0 Å². The molecule has 172 valence electrons. The van der Waals surface area contributed by atoms with Crippen molar-refractivity contribution in [2.24, 2.45) is 17.1 Å². The molecule has 2 aliphatic carbocycles. The fourth-order valence-corrected chi connectivity index (χ4v) is 5.69. The van der Waals surface area contributed by atoms with Gasteiger partial charge in [-0.05, 0) is 76.6 Å². The average Bonchev–Trinajstić information content (AvgIpc) is 2.69. The molecule has 0 aromatic heterocycles. The zero-order valence-corrected chi connectivity index (χ0v) is 19.6. The van der Waals surface area contributed by atoms with E-state index in [0.717, 1.165) is 31.2 Å². The number of carbonyl (C=O) groups is 2. The van der Waals surface area contributed by atoms with Crippen molar-refractivity contribution in [3.05, 3.63) is 35.6 Å². The fraction of sp³-hybridized carbons (Fsp3) is 0.680. The summed E-state index contributed by atoms with van der Waals surface area (Å²) in [6.45, 7) is 5.58. The molecule has 0 saturated heterocycles. The van der Waals surface area contributed by atoms with Gasteiger partial charge in [0, 0.05) is 29.5 Å². The maximum absolute atomic E-state index is 14.3. The number of amides is 1. The normalized spacial score (nSPS) is 32.4. The molecule has 3 N–H and O–H groups in total. The molecule has 2 saturated carbocycles. The molecule has 31 heavy (non-hydrogen) atoms. The minimum atomic E-state index is -0.639. The Morgan fingerprint density at radius 3 is 2.32 bits per heavy atom. The number of nitrogens with zero attached hydrogens (tertiary/aromatic N) is 1. The van der Waals surface area contributed by atoms with E-state index in [0.29, 0.717) is 12.8 Å². The summed E-state index contributed by atoms with van der Waals surface area (Å²) in [6.07, 6.45) is 4.98. The van der Waals surface area contributed by atoms with E-state index in [9.17, 15) is 14.0 Å². The van der Waals surface area contributed by atoms with Crippen LogP contribution < -0.4 is 11.1 Å². The Kier molecular flexibility index (Phi) is 6.64. The van der Waals surface area contributed by atoms with Crippen molar-refractivity contribution in [2.75, 3.05) is 14.1 Å². The van der Waals surface area contributed by atoms with Crippen molar-refractivity contribution in [1.82, 2.24) is 10.2 Å². The summed E-state index contributed by atoms with van der Waals surface area (Å²) >= 11 is 0. The molecule has 3 rings (SSSR count). The van der Waals surface area contributed by atoms with Crippen LogP contribution in [-0.4, -0.2) is 47.8 Å². The number of hydrogen-bond donors (Lipinski definition) is 2. The number of carbonyl (C=O) groups excluding carboxylic acids is 2. The number of Topliss-reactive ketones (excluding diaryl/α,β-unsaturated/α-hetero) is 1. The fourth-order valence-electron chi connectivity index (χ4n) is 5.69. The average molecular weight is 432 g/mol. The second-order valence-electron chi connectivity index (χ2n) is 10.7. The van der Waals surface area contributed by atoms with Crippen LogP contribution in [0.1, 0.15) is 64.9 Å². The second kappa shape index (κ2) is 8.62. The summed E-state index contributed by atoms with van der Waals surface area (Å²) in [5.74, 6) is -0.110. The molecular formula is C25H38FN3O2. The molecule has 1 amide bonds. The highest BCUT2D eigenvalue weighted by molar-refractivity contribution is 5.83. The Bertz CT molecular complexity index is 830. The van der Waals surface area contributed by atoms with E-state index in [1.807, 2.05) is 26.0 Å². The number of benzene rings is 1. The SMILES string of the molecule is CC(=O)C1CC(N)(CC(=O)NC2CCC(Cc3ccccc3F)(N(C)C)CC2)C1(C)C. The summed E-state index contributed by atoms with van der Waals surface area (Å²) in [6, 6.07) is 7.10. The smallest absolute Gasteiger partial charge is 0.222 e. The van der Waals surface area contributed by atoms with Crippen molar-refractivity contribution in [3.8, 4) is 0 Å². The zero-order chi connectivity index (χ0) is 23.0. The van der Waals surface area contributed by atoms with Gasteiger partial charge in [-0.1, -0.05) is 32.0 Å². The molecule has 2 atom stereocenters. The van der Waals surface area contributed by atoms with Crippen LogP contribution in [-0.2, 0) is 16.0 Å². The van der Waals surface area contributed by atoms with Crippen LogP contribution in [0, 0.1) is 17.2 Å². The van der Waals surface area contributed by atoms with E-state index < -0.39 is 5.54 Å². The summed E-state index contributed by atoms with van der Waals surface area (Å²) < 4.78 is 14.3. The van der Waals surface area contributed by atoms with Crippen LogP contribution >= 0.6 is 0 Å². The lowest BCUT2D eigenvalue weighted by atomic mass is 9.48. The van der Waals surface area contributed by atoms with Crippen LogP contribution in [0.4, 0.5) is 4.39 Å². The van der Waals surface area contributed by atoms with Gasteiger partial charge in [0.25, 0.3) is 0 Å². The number of nitrogens with one attached hydrogen (secondary N) is 1. The standard InChI is InChI=1S/C25H38FN3O2/c1-17(30)20-15-25(27,23(20,2)3)16-22(31)28-19-10-12-24(13-11-19,29(4)5)14-18-8-6-7-9-21(18)26/h6-9,19-20H,10-16,27H2,1-5H3,(H,28,31). The maximum atomic E-state index is 14.3. The van der Waals surface area contributed by atoms with Gasteiger partial charge in [0.05, 0.1) is 0 Å². The largest absolute Gasteiger partial charge is 0.353 e. The van der Waals surface area contributed by atoms with Gasteiger partial charge in [-0.3, -0.25) is 9.59 Å². The topological polar surface area (TPSA) is 75.4 Å². The van der Waals surface area contributed by atoms with Gasteiger partial charge in [-0.25, -0.2) is 4.39 Å². The molecule has 0 bridgehead atoms. The van der Waals surface area contributed by atoms with Gasteiger partial charge in [0.1, 0.15) is 11.6 Å². The predicted octanol–water partition coefficient (Wildman–Crippen LogP) is 3.45. The molecule has 0 radical (unpaired) electrons. The van der Waals surface area contributed by atoms with Crippen LogP contribution in [0.15, 0.2) is 24.3 Å². The van der Waals surface area contributed by atoms with Gasteiger partial charge >= 0.3 is 0 Å². The molecule has 0 heterocycles. The molecule has 0 aliphatic heterocycles. The molecule has 2 unspecified atom stereocenters. The van der Waals surface area contributed by atoms with E-state index in [4.69, 9.17) is 5.73 Å². The van der Waals surface area contributed by atoms with E-state index in [1.54, 1.807) is 13.0 Å². The van der Waals surface area contributed by atoms with Gasteiger partial charge < -0.3 is 16.0 Å². The first-order valence-corrected chi connectivity index (χ1v) is 11.4. The third-order valence-corrected chi connectivity index (χ3v) is 8.40. The Morgan fingerprint density at radius 1 is 1.19 bits per heavy atom. The third-order valence-electron chi connectivity index (χ3n) is 8.40. The van der Waals surface area contributed by atoms with Crippen molar-refractivity contribution in [3.63, 3.8) is 0 Å². The number of halogens is 1. The summed E-state index contributed by atoms with van der Waals surface area (Å²) in [4.78, 5) is 26.8. The van der Waals surface area contributed by atoms with E-state index in [1.165, 1.54) is 6.07 Å². The summed E-state index contributed by atoms with van der Waals surface area (Å²) in [7, 11) is 4.12. The van der Waals surface area contributed by atoms with Crippen molar-refractivity contribution in [1.29, 1.82) is 0 Å². The van der Waals surface area contributed by atoms with Crippen LogP contribution in [0.2, 0.25) is 0 Å². The highest BCUT2D eigenvalue weighted by atomic mass is 19.1. The lowest BCUT2D eigenvalue weighted by molar-refractivity contribution is -0.145. The number of likely N-dealkylation sites (N-methyl/N-ethyl adjacent to an activating group) is 1. The first-order valence-electron chi connectivity index (χ1n) is 11.4. The molecule has 1 aromatic carbocycles. The lowest BCUT2D eigenvalue weighted by Gasteiger charge is -2.59. The van der Waals surface area contributed by atoms with Crippen LogP contribution in [0.25, 0.3) is 0 Å². The minimum absolute atomic E-state index is 0.0333. The monoisotopic (exact) mass is 431 g/mol. The highest BCUT2D eigenvalue weighted by Gasteiger charge is 2.59. The van der Waals surface area contributed by atoms with E-state index in [-0.39, 0.29) is 46.8 Å². The number of rotatable bonds is 7. The lowest BCUT2D eigenvalue weighted by Crippen LogP contribution is -2.69. The highest BCUT2D eigenvalue weighted by Crippen LogP contribution is 2.54. The molecular weight excluding hydrogens is 393 g/mol. The van der Waals surface area contributed by atoms with Crippen molar-refractivity contribution in [2.45, 2.75) is 82.8 Å². The van der Waals surface area contributed by atoms with E-state index >= 15 is 0 Å². The predicted molar refractivity (Wildman–Crippen MR) is 121 cm³/mol. The molecule has 5 nitrogen and oxygen atoms in total. The molecule has 6 heteroatoms. The van der Waals surface area contributed by atoms with E-state index in [2.05, 4.69) is 24.3 Å². The first-order chi connectivity index (χ1) is 14.4. The molecule has 1 aromatic rings. The number of hydrogen-bond acceptors (Lipinski definition) is 4. The number of nitrogens with two attached hydrogens (primary N) is 1. The first kappa shape index (κ1) is 23.9. The second-order valence-corrected chi connectivity index (χ2v) is 10.7. The van der Waals surface area contributed by atoms with Gasteiger partial charge in [0.15, 0.2) is 0 Å². The van der Waals surface area contributed by atoms with Gasteiger partial charge in [0.2, 0.25) is 5.91 Å². The quantitative estimate of drug-likeness (QED) is 0.693. The molecule has 2 fully saturated rings. The molecule has 2 aliphatic rings. The summed E-state index contributed by atoms with van der Waals surface area (Å²) in [5, 5.41) is 3.18. The maximum Gasteiger partial charge on any atom is 0.222 e. The van der Waals surface area contributed by atoms with Crippen molar-refractivity contribution >= 4 is 11.7 Å². The van der Waals surface area contributed by atoms with Gasteiger partial charge in [-0.15, -0.1) is 0 Å². The van der Waals surface area contributed by atoms with Crippen LogP contribution in [0.5, 0.6) is 0 Å². The Hall–Kier alpha value is -1.79. The third kappa shape index (κ3) is 4.56. The Labute approximate surface area is 185 Å². The summed E-state index contributed by atoms with van der Waals surface area (Å²) in [5.41, 5.74) is 6.17. The number of ketones is 1. The Morgan fingerprint density at radius 2 is 1.81 bits per heavy atom. The molecule has 0 spiro atoms. The van der Waals surface area contributed by atoms with Crippen LogP contribution in [0.3, 0.4) is 0 Å². The Balaban J connectivity index is 1.57. The minimum Gasteiger partial charge on any atom is -0.353 e.